The van der Waals surface area contributed by atoms with E-state index in [1.165, 1.54) is 0 Å². The zero-order chi connectivity index (χ0) is 14.1. The highest BCUT2D eigenvalue weighted by molar-refractivity contribution is 6.49. The molecule has 5 nitrogen and oxygen atoms in total. The van der Waals surface area contributed by atoms with Crippen LogP contribution in [0.15, 0.2) is 42.6 Å². The summed E-state index contributed by atoms with van der Waals surface area (Å²) in [4.78, 5) is 28.4. The number of rotatable bonds is 3. The number of aromatic nitrogens is 3. The molecule has 1 aromatic carbocycles. The molecule has 1 N–H and O–H groups in total. The van der Waals surface area contributed by atoms with Crippen LogP contribution in [-0.4, -0.2) is 26.7 Å². The Kier molecular flexibility index (Phi) is 2.87. The topological polar surface area (TPSA) is 75.7 Å². The van der Waals surface area contributed by atoms with E-state index in [1.807, 2.05) is 0 Å². The maximum atomic E-state index is 12.2. The van der Waals surface area contributed by atoms with Gasteiger partial charge in [0.1, 0.15) is 5.69 Å². The highest BCUT2D eigenvalue weighted by atomic mass is 16.2. The molecule has 0 unspecified atom stereocenters. The third-order valence-corrected chi connectivity index (χ3v) is 3.03. The lowest BCUT2D eigenvalue weighted by molar-refractivity contribution is 0.0814. The van der Waals surface area contributed by atoms with Crippen molar-refractivity contribution in [2.45, 2.75) is 6.92 Å². The van der Waals surface area contributed by atoms with Gasteiger partial charge in [0.15, 0.2) is 0 Å². The van der Waals surface area contributed by atoms with Crippen LogP contribution in [0.5, 0.6) is 0 Å². The van der Waals surface area contributed by atoms with Crippen molar-refractivity contribution in [1.29, 1.82) is 0 Å². The van der Waals surface area contributed by atoms with Gasteiger partial charge in [-0.15, -0.1) is 0 Å². The first-order valence-electron chi connectivity index (χ1n) is 6.11. The molecule has 0 saturated heterocycles. The lowest BCUT2D eigenvalue weighted by atomic mass is 10.0. The number of nitrogens with zero attached hydrogens (tertiary/aromatic N) is 2. The Morgan fingerprint density at radius 3 is 2.75 bits per heavy atom. The molecule has 3 aromatic rings. The van der Waals surface area contributed by atoms with E-state index < -0.39 is 11.6 Å². The van der Waals surface area contributed by atoms with E-state index in [0.717, 1.165) is 10.9 Å². The van der Waals surface area contributed by atoms with Crippen LogP contribution in [0.2, 0.25) is 0 Å². The van der Waals surface area contributed by atoms with Crippen molar-refractivity contribution in [3.63, 3.8) is 0 Å². The third kappa shape index (κ3) is 2.09. The second kappa shape index (κ2) is 4.70. The Morgan fingerprint density at radius 1 is 1.10 bits per heavy atom. The fourth-order valence-electron chi connectivity index (χ4n) is 2.00. The molecule has 20 heavy (non-hydrogen) atoms. The summed E-state index contributed by atoms with van der Waals surface area (Å²) in [7, 11) is 0. The minimum atomic E-state index is -0.600. The van der Waals surface area contributed by atoms with Crippen LogP contribution in [0.1, 0.15) is 26.5 Å². The molecule has 3 rings (SSSR count). The molecule has 0 aliphatic heterocycles. The molecule has 0 atom stereocenters. The number of nitrogens with one attached hydrogen (secondary N) is 1. The number of carbonyl (C=O) groups is 2. The molecular weight excluding hydrogens is 254 g/mol. The molecule has 98 valence electrons. The van der Waals surface area contributed by atoms with Crippen LogP contribution < -0.4 is 0 Å². The first-order chi connectivity index (χ1) is 9.65. The molecule has 0 amide bonds. The number of fused-ring (bicyclic) bond motifs is 1. The number of hydrogen-bond donors (Lipinski definition) is 1. The van der Waals surface area contributed by atoms with Gasteiger partial charge < -0.3 is 0 Å². The fraction of sp³-hybridized carbons (Fsp3) is 0.0667. The summed E-state index contributed by atoms with van der Waals surface area (Å²) in [5.41, 5.74) is 2.03. The summed E-state index contributed by atoms with van der Waals surface area (Å²) < 4.78 is 0. The Balaban J connectivity index is 1.97. The van der Waals surface area contributed by atoms with Crippen LogP contribution in [0.25, 0.3) is 10.9 Å². The highest BCUT2D eigenvalue weighted by Crippen LogP contribution is 2.14. The number of H-pyrrole nitrogens is 1. The number of benzene rings is 1. The van der Waals surface area contributed by atoms with Gasteiger partial charge >= 0.3 is 0 Å². The van der Waals surface area contributed by atoms with Crippen LogP contribution in [0.3, 0.4) is 0 Å². The Bertz CT molecular complexity index is 821. The molecule has 0 fully saturated rings. The predicted octanol–water partition coefficient (Wildman–Crippen LogP) is 2.33. The summed E-state index contributed by atoms with van der Waals surface area (Å²) in [6.45, 7) is 1.78. The molecule has 0 saturated carbocycles. The van der Waals surface area contributed by atoms with Crippen molar-refractivity contribution in [3.8, 4) is 0 Å². The average molecular weight is 265 g/mol. The molecule has 0 spiro atoms. The second-order valence-electron chi connectivity index (χ2n) is 4.49. The molecular formula is C15H11N3O2. The van der Waals surface area contributed by atoms with E-state index in [0.29, 0.717) is 11.3 Å². The largest absolute Gasteiger partial charge is 0.285 e. The normalized spacial score (nSPS) is 10.7. The molecule has 0 bridgehead atoms. The van der Waals surface area contributed by atoms with Gasteiger partial charge in [-0.1, -0.05) is 6.07 Å². The van der Waals surface area contributed by atoms with Crippen molar-refractivity contribution in [1.82, 2.24) is 15.2 Å². The van der Waals surface area contributed by atoms with Gasteiger partial charge in [-0.05, 0) is 37.3 Å². The van der Waals surface area contributed by atoms with Crippen LogP contribution in [0, 0.1) is 6.92 Å². The summed E-state index contributed by atoms with van der Waals surface area (Å²) in [6.07, 6.45) is 1.61. The molecule has 0 radical (unpaired) electrons. The van der Waals surface area contributed by atoms with Crippen LogP contribution >= 0.6 is 0 Å². The molecule has 2 aromatic heterocycles. The smallest absolute Gasteiger partial charge is 0.251 e. The van der Waals surface area contributed by atoms with Crippen molar-refractivity contribution in [2.75, 3.05) is 0 Å². The van der Waals surface area contributed by atoms with E-state index in [1.54, 1.807) is 49.5 Å². The van der Waals surface area contributed by atoms with E-state index in [2.05, 4.69) is 15.2 Å². The lowest BCUT2D eigenvalue weighted by Gasteiger charge is -2.01. The number of pyridine rings is 1. The summed E-state index contributed by atoms with van der Waals surface area (Å²) in [5.74, 6) is -1.16. The van der Waals surface area contributed by atoms with Crippen LogP contribution in [-0.2, 0) is 0 Å². The van der Waals surface area contributed by atoms with Gasteiger partial charge in [0.25, 0.3) is 5.78 Å². The van der Waals surface area contributed by atoms with Gasteiger partial charge in [0.2, 0.25) is 5.78 Å². The molecule has 5 heteroatoms. The fourth-order valence-corrected chi connectivity index (χ4v) is 2.00. The van der Waals surface area contributed by atoms with E-state index in [4.69, 9.17) is 0 Å². The van der Waals surface area contributed by atoms with Crippen LogP contribution in [0.4, 0.5) is 0 Å². The van der Waals surface area contributed by atoms with Gasteiger partial charge in [0.05, 0.1) is 11.7 Å². The van der Waals surface area contributed by atoms with Gasteiger partial charge in [-0.25, -0.2) is 4.98 Å². The number of aryl methyl sites for hydroxylation is 1. The first kappa shape index (κ1) is 12.2. The standard InChI is InChI=1S/C15H11N3O2/c1-9-3-2-4-13(17-9)15(20)14(19)10-5-6-12-11(7-10)8-16-18-12/h2-8H,1H3,(H,16,18). The first-order valence-corrected chi connectivity index (χ1v) is 6.11. The Labute approximate surface area is 114 Å². The molecule has 0 aliphatic rings. The Morgan fingerprint density at radius 2 is 1.95 bits per heavy atom. The van der Waals surface area contributed by atoms with Gasteiger partial charge in [0, 0.05) is 16.6 Å². The van der Waals surface area contributed by atoms with E-state index in [-0.39, 0.29) is 5.69 Å². The maximum Gasteiger partial charge on any atom is 0.251 e. The number of hydrogen-bond acceptors (Lipinski definition) is 4. The highest BCUT2D eigenvalue weighted by Gasteiger charge is 2.20. The lowest BCUT2D eigenvalue weighted by Crippen LogP contribution is -2.16. The summed E-state index contributed by atoms with van der Waals surface area (Å²) in [5, 5.41) is 7.47. The van der Waals surface area contributed by atoms with Crippen molar-refractivity contribution < 1.29 is 9.59 Å². The second-order valence-corrected chi connectivity index (χ2v) is 4.49. The van der Waals surface area contributed by atoms with E-state index >= 15 is 0 Å². The quantitative estimate of drug-likeness (QED) is 0.582. The zero-order valence-corrected chi connectivity index (χ0v) is 10.8. The summed E-state index contributed by atoms with van der Waals surface area (Å²) >= 11 is 0. The van der Waals surface area contributed by atoms with E-state index in [9.17, 15) is 9.59 Å². The SMILES string of the molecule is Cc1cccc(C(=O)C(=O)c2ccc3[nH]ncc3c2)n1. The van der Waals surface area contributed by atoms with Gasteiger partial charge in [-0.2, -0.15) is 5.10 Å². The minimum Gasteiger partial charge on any atom is -0.285 e. The maximum absolute atomic E-state index is 12.2. The summed E-state index contributed by atoms with van der Waals surface area (Å²) in [6, 6.07) is 10.0. The number of aromatic amines is 1. The monoisotopic (exact) mass is 265 g/mol. The number of Topliss-reactive ketones (excluding diaryl/α,β-unsaturated/α-hetero) is 2. The van der Waals surface area contributed by atoms with Crippen molar-refractivity contribution in [3.05, 3.63) is 59.5 Å². The molecule has 2 heterocycles. The third-order valence-electron chi connectivity index (χ3n) is 3.03. The predicted molar refractivity (Wildman–Crippen MR) is 73.7 cm³/mol. The zero-order valence-electron chi connectivity index (χ0n) is 10.8. The Hall–Kier alpha value is -2.82. The average Bonchev–Trinajstić information content (AvgIpc) is 2.93. The number of carbonyl (C=O) groups excluding carboxylic acids is 2. The molecule has 0 aliphatic carbocycles. The number of ketones is 2. The van der Waals surface area contributed by atoms with Gasteiger partial charge in [-0.3, -0.25) is 14.7 Å². The minimum absolute atomic E-state index is 0.169. The van der Waals surface area contributed by atoms with Crippen molar-refractivity contribution in [2.24, 2.45) is 0 Å². The van der Waals surface area contributed by atoms with Crippen molar-refractivity contribution >= 4 is 22.5 Å².